The molecule has 3 N–H and O–H groups in total. The Labute approximate surface area is 138 Å². The van der Waals surface area contributed by atoms with E-state index in [9.17, 15) is 0 Å². The molecule has 0 aliphatic carbocycles. The third-order valence-electron chi connectivity index (χ3n) is 3.20. The second-order valence-electron chi connectivity index (χ2n) is 6.05. The summed E-state index contributed by atoms with van der Waals surface area (Å²) in [5, 5.41) is 3.10. The van der Waals surface area contributed by atoms with Crippen LogP contribution in [0, 0.1) is 12.8 Å². The second-order valence-corrected chi connectivity index (χ2v) is 6.05. The highest BCUT2D eigenvalue weighted by Crippen LogP contribution is 2.15. The van der Waals surface area contributed by atoms with E-state index in [0.717, 1.165) is 17.0 Å². The predicted molar refractivity (Wildman–Crippen MR) is 96.9 cm³/mol. The molecule has 0 atom stereocenters. The molecule has 0 bridgehead atoms. The molecular formula is C19H25N3O. The Morgan fingerprint density at radius 3 is 2.70 bits per heavy atom. The standard InChI is InChI=1S/C19H25N3O/c1-14(2)13-23-18-9-5-7-16(11-18)12-21-19(20)22-17-8-4-6-15(3)10-17/h4-11,14H,12-13H2,1-3H3,(H3,20,21,22). The number of anilines is 1. The van der Waals surface area contributed by atoms with Crippen LogP contribution in [0.15, 0.2) is 53.5 Å². The van der Waals surface area contributed by atoms with Gasteiger partial charge in [-0.25, -0.2) is 4.99 Å². The van der Waals surface area contributed by atoms with E-state index < -0.39 is 0 Å². The van der Waals surface area contributed by atoms with Gasteiger partial charge in [0.25, 0.3) is 0 Å². The van der Waals surface area contributed by atoms with E-state index in [4.69, 9.17) is 10.5 Å². The molecule has 0 heterocycles. The van der Waals surface area contributed by atoms with Crippen molar-refractivity contribution < 1.29 is 4.74 Å². The Kier molecular flexibility index (Phi) is 6.03. The molecule has 0 radical (unpaired) electrons. The first-order valence-corrected chi connectivity index (χ1v) is 7.88. The lowest BCUT2D eigenvalue weighted by Gasteiger charge is -2.10. The minimum atomic E-state index is 0.407. The van der Waals surface area contributed by atoms with Gasteiger partial charge in [0, 0.05) is 5.69 Å². The molecule has 122 valence electrons. The first kappa shape index (κ1) is 16.9. The van der Waals surface area contributed by atoms with Crippen LogP contribution in [0.25, 0.3) is 0 Å². The van der Waals surface area contributed by atoms with E-state index >= 15 is 0 Å². The highest BCUT2D eigenvalue weighted by Gasteiger charge is 2.00. The van der Waals surface area contributed by atoms with Crippen LogP contribution in [0.2, 0.25) is 0 Å². The molecule has 23 heavy (non-hydrogen) atoms. The highest BCUT2D eigenvalue weighted by molar-refractivity contribution is 5.92. The van der Waals surface area contributed by atoms with Crippen LogP contribution in [0.3, 0.4) is 0 Å². The van der Waals surface area contributed by atoms with Crippen molar-refractivity contribution in [3.63, 3.8) is 0 Å². The van der Waals surface area contributed by atoms with Crippen LogP contribution in [0.1, 0.15) is 25.0 Å². The van der Waals surface area contributed by atoms with Crippen molar-refractivity contribution in [2.24, 2.45) is 16.6 Å². The molecule has 2 rings (SSSR count). The van der Waals surface area contributed by atoms with Crippen LogP contribution in [-0.4, -0.2) is 12.6 Å². The summed E-state index contributed by atoms with van der Waals surface area (Å²) in [4.78, 5) is 4.38. The molecule has 0 spiro atoms. The molecular weight excluding hydrogens is 286 g/mol. The van der Waals surface area contributed by atoms with Gasteiger partial charge >= 0.3 is 0 Å². The van der Waals surface area contributed by atoms with Crippen molar-refractivity contribution in [3.8, 4) is 5.75 Å². The van der Waals surface area contributed by atoms with E-state index in [1.54, 1.807) is 0 Å². The molecule has 2 aromatic carbocycles. The Morgan fingerprint density at radius 1 is 1.17 bits per heavy atom. The van der Waals surface area contributed by atoms with Crippen LogP contribution < -0.4 is 15.8 Å². The third-order valence-corrected chi connectivity index (χ3v) is 3.20. The monoisotopic (exact) mass is 311 g/mol. The Hall–Kier alpha value is -2.49. The average Bonchev–Trinajstić information content (AvgIpc) is 2.51. The molecule has 0 aliphatic heterocycles. The lowest BCUT2D eigenvalue weighted by molar-refractivity contribution is 0.271. The van der Waals surface area contributed by atoms with Gasteiger partial charge in [-0.2, -0.15) is 0 Å². The molecule has 0 aliphatic rings. The maximum Gasteiger partial charge on any atom is 0.193 e. The topological polar surface area (TPSA) is 59.6 Å². The number of ether oxygens (including phenoxy) is 1. The summed E-state index contributed by atoms with van der Waals surface area (Å²) in [6.07, 6.45) is 0. The summed E-state index contributed by atoms with van der Waals surface area (Å²) in [7, 11) is 0. The zero-order valence-corrected chi connectivity index (χ0v) is 14.0. The number of guanidine groups is 1. The SMILES string of the molecule is Cc1cccc(NC(N)=NCc2cccc(OCC(C)C)c2)c1. The summed E-state index contributed by atoms with van der Waals surface area (Å²) in [5.74, 6) is 1.78. The summed E-state index contributed by atoms with van der Waals surface area (Å²) in [6, 6.07) is 16.0. The van der Waals surface area contributed by atoms with E-state index in [1.807, 2.05) is 55.5 Å². The minimum absolute atomic E-state index is 0.407. The van der Waals surface area contributed by atoms with E-state index in [-0.39, 0.29) is 0 Å². The maximum absolute atomic E-state index is 5.95. The van der Waals surface area contributed by atoms with Gasteiger partial charge in [0.05, 0.1) is 13.2 Å². The van der Waals surface area contributed by atoms with Gasteiger partial charge in [0.2, 0.25) is 0 Å². The molecule has 4 nitrogen and oxygen atoms in total. The first-order valence-electron chi connectivity index (χ1n) is 7.88. The van der Waals surface area contributed by atoms with Gasteiger partial charge in [0.15, 0.2) is 5.96 Å². The fraction of sp³-hybridized carbons (Fsp3) is 0.316. The van der Waals surface area contributed by atoms with Crippen LogP contribution >= 0.6 is 0 Å². The molecule has 0 saturated heterocycles. The van der Waals surface area contributed by atoms with Crippen molar-refractivity contribution in [1.29, 1.82) is 0 Å². The largest absolute Gasteiger partial charge is 0.493 e. The van der Waals surface area contributed by atoms with E-state index in [0.29, 0.717) is 25.0 Å². The number of aryl methyl sites for hydroxylation is 1. The van der Waals surface area contributed by atoms with Crippen LogP contribution in [-0.2, 0) is 6.54 Å². The highest BCUT2D eigenvalue weighted by atomic mass is 16.5. The van der Waals surface area contributed by atoms with Crippen molar-refractivity contribution in [2.75, 3.05) is 11.9 Å². The first-order chi connectivity index (χ1) is 11.0. The number of benzene rings is 2. The van der Waals surface area contributed by atoms with E-state index in [2.05, 4.69) is 24.2 Å². The predicted octanol–water partition coefficient (Wildman–Crippen LogP) is 3.96. The number of hydrogen-bond donors (Lipinski definition) is 2. The molecule has 0 fully saturated rings. The fourth-order valence-corrected chi connectivity index (χ4v) is 2.08. The van der Waals surface area contributed by atoms with Gasteiger partial charge in [-0.15, -0.1) is 0 Å². The minimum Gasteiger partial charge on any atom is -0.493 e. The van der Waals surface area contributed by atoms with Crippen LogP contribution in [0.4, 0.5) is 5.69 Å². The summed E-state index contributed by atoms with van der Waals surface area (Å²) >= 11 is 0. The number of hydrogen-bond acceptors (Lipinski definition) is 2. The average molecular weight is 311 g/mol. The molecule has 2 aromatic rings. The lowest BCUT2D eigenvalue weighted by atomic mass is 10.2. The molecule has 0 saturated carbocycles. The number of nitrogens with one attached hydrogen (secondary N) is 1. The van der Waals surface area contributed by atoms with Crippen molar-refractivity contribution in [1.82, 2.24) is 0 Å². The molecule has 0 amide bonds. The third kappa shape index (κ3) is 6.02. The zero-order valence-electron chi connectivity index (χ0n) is 14.0. The van der Waals surface area contributed by atoms with Gasteiger partial charge < -0.3 is 15.8 Å². The molecule has 0 aromatic heterocycles. The quantitative estimate of drug-likeness (QED) is 0.627. The number of nitrogens with two attached hydrogens (primary N) is 1. The maximum atomic E-state index is 5.95. The van der Waals surface area contributed by atoms with Crippen molar-refractivity contribution in [3.05, 3.63) is 59.7 Å². The second kappa shape index (κ2) is 8.22. The van der Waals surface area contributed by atoms with Crippen LogP contribution in [0.5, 0.6) is 5.75 Å². The fourth-order valence-electron chi connectivity index (χ4n) is 2.08. The summed E-state index contributed by atoms with van der Waals surface area (Å²) in [5.41, 5.74) is 9.14. The lowest BCUT2D eigenvalue weighted by Crippen LogP contribution is -2.22. The van der Waals surface area contributed by atoms with Gasteiger partial charge in [-0.1, -0.05) is 38.1 Å². The van der Waals surface area contributed by atoms with Crippen molar-refractivity contribution in [2.45, 2.75) is 27.3 Å². The van der Waals surface area contributed by atoms with Gasteiger partial charge in [-0.3, -0.25) is 0 Å². The Morgan fingerprint density at radius 2 is 1.96 bits per heavy atom. The summed E-state index contributed by atoms with van der Waals surface area (Å²) < 4.78 is 5.73. The van der Waals surface area contributed by atoms with E-state index in [1.165, 1.54) is 5.56 Å². The van der Waals surface area contributed by atoms with Gasteiger partial charge in [-0.05, 0) is 48.2 Å². The van der Waals surface area contributed by atoms with Gasteiger partial charge in [0.1, 0.15) is 5.75 Å². The Bertz CT molecular complexity index is 665. The number of aliphatic imine (C=N–C) groups is 1. The number of nitrogens with zero attached hydrogens (tertiary/aromatic N) is 1. The number of rotatable bonds is 6. The zero-order chi connectivity index (χ0) is 16.7. The Balaban J connectivity index is 1.94. The molecule has 4 heteroatoms. The normalized spacial score (nSPS) is 11.6. The smallest absolute Gasteiger partial charge is 0.193 e. The van der Waals surface area contributed by atoms with Crippen molar-refractivity contribution >= 4 is 11.6 Å². The molecule has 0 unspecified atom stereocenters. The summed E-state index contributed by atoms with van der Waals surface area (Å²) in [6.45, 7) is 7.53.